The molecule has 2 aliphatic rings. The fraction of sp³-hybridized carbons (Fsp3) is 0.500. The summed E-state index contributed by atoms with van der Waals surface area (Å²) in [6.45, 7) is -0.419. The summed E-state index contributed by atoms with van der Waals surface area (Å²) in [5.41, 5.74) is 0.261. The van der Waals surface area contributed by atoms with E-state index in [4.69, 9.17) is 0 Å². The maximum atomic E-state index is 13.5. The number of carbonyl (C=O) groups excluding carboxylic acids is 1. The third-order valence-corrected chi connectivity index (χ3v) is 5.16. The van der Waals surface area contributed by atoms with Crippen LogP contribution in [0, 0.1) is 5.82 Å². The van der Waals surface area contributed by atoms with Crippen molar-refractivity contribution in [1.29, 1.82) is 0 Å². The minimum Gasteiger partial charge on any atom is -0.335 e. The molecule has 0 unspecified atom stereocenters. The van der Waals surface area contributed by atoms with Crippen molar-refractivity contribution in [2.45, 2.75) is 44.2 Å². The lowest BCUT2D eigenvalue weighted by atomic mass is 10.0. The Morgan fingerprint density at radius 3 is 2.48 bits per heavy atom. The van der Waals surface area contributed by atoms with Gasteiger partial charge in [0.25, 0.3) is 0 Å². The summed E-state index contributed by atoms with van der Waals surface area (Å²) in [6.07, 6.45) is -1.73. The van der Waals surface area contributed by atoms with Gasteiger partial charge < -0.3 is 4.90 Å². The Morgan fingerprint density at radius 2 is 1.81 bits per heavy atom. The van der Waals surface area contributed by atoms with E-state index < -0.39 is 30.0 Å². The number of fused-ring (bicyclic) bond motifs is 1. The number of hydrogen-bond acceptors (Lipinski definition) is 3. The lowest BCUT2D eigenvalue weighted by Crippen LogP contribution is -2.42. The summed E-state index contributed by atoms with van der Waals surface area (Å²) < 4.78 is 42.6. The molecule has 0 aliphatic carbocycles. The van der Waals surface area contributed by atoms with Crippen molar-refractivity contribution in [2.75, 3.05) is 13.1 Å². The summed E-state index contributed by atoms with van der Waals surface area (Å²) in [6, 6.07) is 4.94. The number of aryl methyl sites for hydroxylation is 1. The number of rotatable bonds is 3. The van der Waals surface area contributed by atoms with E-state index in [2.05, 4.69) is 5.10 Å². The first-order valence-electron chi connectivity index (χ1n) is 8.93. The molecule has 0 spiro atoms. The van der Waals surface area contributed by atoms with Gasteiger partial charge in [0.1, 0.15) is 17.7 Å². The predicted molar refractivity (Wildman–Crippen MR) is 90.3 cm³/mol. The van der Waals surface area contributed by atoms with Gasteiger partial charge >= 0.3 is 5.69 Å². The standard InChI is InChI=1S/C18H19F3N4O2/c19-12-6-4-11(5-7-12)8-24-18(27)25-15(2-1-3-16(25)22-24)17(26)23-9-13(20)14(21)10-23/h4-7,13-15H,1-3,8-10H2/t13-,14+,15-/m0/s1. The van der Waals surface area contributed by atoms with Crippen molar-refractivity contribution in [3.63, 3.8) is 0 Å². The molecular formula is C18H19F3N4O2. The number of amides is 1. The Labute approximate surface area is 153 Å². The zero-order valence-electron chi connectivity index (χ0n) is 14.5. The third-order valence-electron chi connectivity index (χ3n) is 5.16. The molecule has 1 saturated heterocycles. The highest BCUT2D eigenvalue weighted by atomic mass is 19.2. The SMILES string of the molecule is O=C([C@@H]1CCCc2nn(Cc3ccc(F)cc3)c(=O)n21)N1C[C@@H](F)[C@@H](F)C1. The van der Waals surface area contributed by atoms with Gasteiger partial charge in [-0.1, -0.05) is 12.1 Å². The molecule has 0 N–H and O–H groups in total. The van der Waals surface area contributed by atoms with Crippen LogP contribution in [0.4, 0.5) is 13.2 Å². The van der Waals surface area contributed by atoms with E-state index in [0.717, 1.165) is 4.90 Å². The van der Waals surface area contributed by atoms with E-state index in [9.17, 15) is 22.8 Å². The van der Waals surface area contributed by atoms with E-state index in [1.54, 1.807) is 12.1 Å². The zero-order chi connectivity index (χ0) is 19.1. The van der Waals surface area contributed by atoms with Crippen LogP contribution in [0.2, 0.25) is 0 Å². The second-order valence-electron chi connectivity index (χ2n) is 7.04. The molecule has 4 rings (SSSR count). The van der Waals surface area contributed by atoms with E-state index >= 15 is 0 Å². The summed E-state index contributed by atoms with van der Waals surface area (Å²) in [4.78, 5) is 26.7. The van der Waals surface area contributed by atoms with Crippen molar-refractivity contribution in [3.05, 3.63) is 52.0 Å². The highest BCUT2D eigenvalue weighted by Gasteiger charge is 2.40. The molecule has 0 bridgehead atoms. The Hall–Kier alpha value is -2.58. The second kappa shape index (κ2) is 6.86. The average Bonchev–Trinajstić information content (AvgIpc) is 3.16. The van der Waals surface area contributed by atoms with Crippen molar-refractivity contribution >= 4 is 5.91 Å². The van der Waals surface area contributed by atoms with Crippen LogP contribution >= 0.6 is 0 Å². The molecule has 2 aliphatic heterocycles. The van der Waals surface area contributed by atoms with Gasteiger partial charge in [-0.15, -0.1) is 0 Å². The molecule has 0 radical (unpaired) electrons. The predicted octanol–water partition coefficient (Wildman–Crippen LogP) is 1.63. The van der Waals surface area contributed by atoms with Gasteiger partial charge in [0.2, 0.25) is 5.91 Å². The number of halogens is 3. The number of carbonyl (C=O) groups is 1. The number of nitrogens with zero attached hydrogens (tertiary/aromatic N) is 4. The van der Waals surface area contributed by atoms with Crippen LogP contribution in [0.5, 0.6) is 0 Å². The number of likely N-dealkylation sites (tertiary alicyclic amines) is 1. The highest BCUT2D eigenvalue weighted by Crippen LogP contribution is 2.27. The number of aromatic nitrogens is 3. The van der Waals surface area contributed by atoms with Crippen molar-refractivity contribution in [3.8, 4) is 0 Å². The monoisotopic (exact) mass is 380 g/mol. The van der Waals surface area contributed by atoms with Crippen LogP contribution in [0.15, 0.2) is 29.1 Å². The van der Waals surface area contributed by atoms with Crippen molar-refractivity contribution < 1.29 is 18.0 Å². The first kappa shape index (κ1) is 17.8. The Balaban J connectivity index is 1.61. The summed E-state index contributed by atoms with van der Waals surface area (Å²) in [7, 11) is 0. The molecule has 144 valence electrons. The fourth-order valence-electron chi connectivity index (χ4n) is 3.75. The van der Waals surface area contributed by atoms with E-state index in [1.807, 2.05) is 0 Å². The van der Waals surface area contributed by atoms with E-state index in [1.165, 1.54) is 21.4 Å². The van der Waals surface area contributed by atoms with Crippen molar-refractivity contribution in [2.24, 2.45) is 0 Å². The molecule has 27 heavy (non-hydrogen) atoms. The molecule has 1 aromatic heterocycles. The van der Waals surface area contributed by atoms with Gasteiger partial charge in [0.15, 0.2) is 12.3 Å². The minimum atomic E-state index is -1.69. The van der Waals surface area contributed by atoms with Crippen molar-refractivity contribution in [1.82, 2.24) is 19.2 Å². The molecule has 3 heterocycles. The van der Waals surface area contributed by atoms with Crippen LogP contribution < -0.4 is 5.69 Å². The van der Waals surface area contributed by atoms with Gasteiger partial charge in [-0.25, -0.2) is 22.6 Å². The average molecular weight is 380 g/mol. The summed E-state index contributed by atoms with van der Waals surface area (Å²) >= 11 is 0. The van der Waals surface area contributed by atoms with Crippen LogP contribution in [-0.2, 0) is 17.8 Å². The number of alkyl halides is 2. The van der Waals surface area contributed by atoms with Gasteiger partial charge in [-0.3, -0.25) is 9.36 Å². The molecule has 6 nitrogen and oxygen atoms in total. The molecule has 9 heteroatoms. The fourth-order valence-corrected chi connectivity index (χ4v) is 3.75. The molecule has 1 fully saturated rings. The molecule has 0 saturated carbocycles. The van der Waals surface area contributed by atoms with E-state index in [0.29, 0.717) is 30.7 Å². The highest BCUT2D eigenvalue weighted by molar-refractivity contribution is 5.81. The molecule has 1 aromatic carbocycles. The van der Waals surface area contributed by atoms with Crippen LogP contribution in [0.25, 0.3) is 0 Å². The molecule has 1 amide bonds. The second-order valence-corrected chi connectivity index (χ2v) is 7.04. The van der Waals surface area contributed by atoms with Crippen LogP contribution in [0.3, 0.4) is 0 Å². The van der Waals surface area contributed by atoms with Gasteiger partial charge in [-0.2, -0.15) is 5.10 Å². The first-order valence-corrected chi connectivity index (χ1v) is 8.93. The Kier molecular flexibility index (Phi) is 4.53. The number of benzene rings is 1. The lowest BCUT2D eigenvalue weighted by molar-refractivity contribution is -0.134. The maximum Gasteiger partial charge on any atom is 0.346 e. The number of hydrogen-bond donors (Lipinski definition) is 0. The quantitative estimate of drug-likeness (QED) is 0.813. The normalized spacial score (nSPS) is 24.9. The minimum absolute atomic E-state index is 0.156. The molecule has 2 aromatic rings. The third kappa shape index (κ3) is 3.26. The first-order chi connectivity index (χ1) is 12.9. The largest absolute Gasteiger partial charge is 0.346 e. The van der Waals surface area contributed by atoms with Gasteiger partial charge in [-0.05, 0) is 30.5 Å². The smallest absolute Gasteiger partial charge is 0.335 e. The molecular weight excluding hydrogens is 361 g/mol. The van der Waals surface area contributed by atoms with Gasteiger partial charge in [0, 0.05) is 6.42 Å². The summed E-state index contributed by atoms with van der Waals surface area (Å²) in [5.74, 6) is -0.328. The van der Waals surface area contributed by atoms with Crippen LogP contribution in [-0.4, -0.2) is 50.6 Å². The zero-order valence-corrected chi connectivity index (χ0v) is 14.5. The van der Waals surface area contributed by atoms with E-state index in [-0.39, 0.29) is 25.5 Å². The summed E-state index contributed by atoms with van der Waals surface area (Å²) in [5, 5.41) is 4.31. The topological polar surface area (TPSA) is 60.1 Å². The van der Waals surface area contributed by atoms with Gasteiger partial charge in [0.05, 0.1) is 19.6 Å². The van der Waals surface area contributed by atoms with Crippen LogP contribution in [0.1, 0.15) is 30.3 Å². The lowest BCUT2D eigenvalue weighted by Gasteiger charge is -2.26. The Bertz CT molecular complexity index is 898. The molecule has 3 atom stereocenters. The Morgan fingerprint density at radius 1 is 1.15 bits per heavy atom. The maximum absolute atomic E-state index is 13.5.